The van der Waals surface area contributed by atoms with Crippen molar-refractivity contribution in [2.45, 2.75) is 49.9 Å². The summed E-state index contributed by atoms with van der Waals surface area (Å²) in [7, 11) is 1.43. The number of anilines is 2. The fraction of sp³-hybridized carbons (Fsp3) is 0.478. The maximum atomic E-state index is 14.9. The van der Waals surface area contributed by atoms with Crippen molar-refractivity contribution in [3.05, 3.63) is 36.2 Å². The average molecular weight is 485 g/mol. The van der Waals surface area contributed by atoms with Crippen LogP contribution in [0.3, 0.4) is 0 Å². The smallest absolute Gasteiger partial charge is 0.223 e. The summed E-state index contributed by atoms with van der Waals surface area (Å²) < 4.78 is 37.4. The second-order valence-corrected chi connectivity index (χ2v) is 9.59. The number of fused-ring (bicyclic) bond motifs is 3. The van der Waals surface area contributed by atoms with Gasteiger partial charge in [0.2, 0.25) is 5.95 Å². The Balaban J connectivity index is 1.32. The summed E-state index contributed by atoms with van der Waals surface area (Å²) in [6.07, 6.45) is 5.24. The Bertz CT molecular complexity index is 1420. The van der Waals surface area contributed by atoms with Crippen molar-refractivity contribution in [3.63, 3.8) is 0 Å². The van der Waals surface area contributed by atoms with Gasteiger partial charge in [-0.1, -0.05) is 0 Å². The van der Waals surface area contributed by atoms with Crippen LogP contribution < -0.4 is 15.4 Å². The van der Waals surface area contributed by atoms with Crippen molar-refractivity contribution < 1.29 is 18.6 Å². The number of rotatable bonds is 5. The largest absolute Gasteiger partial charge is 0.494 e. The van der Waals surface area contributed by atoms with Gasteiger partial charge in [0.1, 0.15) is 23.3 Å². The van der Waals surface area contributed by atoms with Gasteiger partial charge in [-0.2, -0.15) is 9.61 Å². The summed E-state index contributed by atoms with van der Waals surface area (Å²) in [5.74, 6) is -0.0742. The molecule has 1 saturated carbocycles. The van der Waals surface area contributed by atoms with E-state index in [0.717, 1.165) is 24.9 Å². The van der Waals surface area contributed by atoms with Gasteiger partial charge < -0.3 is 20.5 Å². The standard InChI is InChI=1S/C23H26F2N8O2/c1-35-18-7-14(24)6-17-19(18)28-22(26)33-21(17)29-20(30-33)13-5-15(25)10-31(9-13)16-8-27-32(11-16)12-23(34)3-2-4-23/h6-8,11,13,15,34H,2-5,9-10,12H2,1H3,(H2,26,28)/t13-,15+/m1/s1. The first-order valence-corrected chi connectivity index (χ1v) is 11.7. The van der Waals surface area contributed by atoms with E-state index in [-0.39, 0.29) is 30.6 Å². The van der Waals surface area contributed by atoms with Gasteiger partial charge in [-0.3, -0.25) is 4.68 Å². The number of hydrogen-bond donors (Lipinski definition) is 2. The van der Waals surface area contributed by atoms with Crippen molar-refractivity contribution in [1.82, 2.24) is 29.4 Å². The zero-order valence-corrected chi connectivity index (χ0v) is 19.2. The summed E-state index contributed by atoms with van der Waals surface area (Å²) in [6.45, 7) is 1.14. The minimum Gasteiger partial charge on any atom is -0.494 e. The van der Waals surface area contributed by atoms with Gasteiger partial charge in [-0.15, -0.1) is 5.10 Å². The molecule has 1 aromatic carbocycles. The van der Waals surface area contributed by atoms with Crippen molar-refractivity contribution in [2.75, 3.05) is 30.8 Å². The summed E-state index contributed by atoms with van der Waals surface area (Å²) in [5, 5.41) is 19.7. The highest BCUT2D eigenvalue weighted by atomic mass is 19.1. The molecule has 1 saturated heterocycles. The number of aliphatic hydroxyl groups is 1. The lowest BCUT2D eigenvalue weighted by Gasteiger charge is -2.36. The van der Waals surface area contributed by atoms with E-state index in [1.807, 2.05) is 11.1 Å². The Kier molecular flexibility index (Phi) is 5.02. The summed E-state index contributed by atoms with van der Waals surface area (Å²) in [4.78, 5) is 10.9. The predicted octanol–water partition coefficient (Wildman–Crippen LogP) is 2.45. The highest BCUT2D eigenvalue weighted by Gasteiger charge is 2.36. The van der Waals surface area contributed by atoms with Gasteiger partial charge in [0.25, 0.3) is 0 Å². The number of hydrogen-bond acceptors (Lipinski definition) is 8. The molecule has 3 N–H and O–H groups in total. The number of piperidine rings is 1. The molecule has 2 atom stereocenters. The predicted molar refractivity (Wildman–Crippen MR) is 125 cm³/mol. The number of alkyl halides is 1. The molecule has 4 aromatic rings. The van der Waals surface area contributed by atoms with E-state index < -0.39 is 17.6 Å². The maximum Gasteiger partial charge on any atom is 0.223 e. The molecule has 3 aromatic heterocycles. The SMILES string of the molecule is COc1cc(F)cc2c1nc(N)n1nc([C@@H]3C[C@H](F)CN(c4cnn(CC5(O)CCC5)c4)C3)nc21. The van der Waals surface area contributed by atoms with Crippen LogP contribution >= 0.6 is 0 Å². The van der Waals surface area contributed by atoms with Crippen LogP contribution in [0.1, 0.15) is 37.4 Å². The topological polar surface area (TPSA) is 120 Å². The third-order valence-electron chi connectivity index (χ3n) is 7.06. The maximum absolute atomic E-state index is 14.9. The Labute approximate surface area is 199 Å². The van der Waals surface area contributed by atoms with Gasteiger partial charge in [0.15, 0.2) is 11.5 Å². The molecule has 1 aliphatic carbocycles. The molecule has 35 heavy (non-hydrogen) atoms. The first-order chi connectivity index (χ1) is 16.8. The van der Waals surface area contributed by atoms with Crippen LogP contribution in [-0.4, -0.2) is 66.4 Å². The van der Waals surface area contributed by atoms with E-state index in [1.165, 1.54) is 23.8 Å². The number of aromatic nitrogens is 6. The van der Waals surface area contributed by atoms with E-state index in [2.05, 4.69) is 20.2 Å². The first kappa shape index (κ1) is 22.0. The molecule has 0 radical (unpaired) electrons. The van der Waals surface area contributed by atoms with Crippen LogP contribution in [0, 0.1) is 5.82 Å². The van der Waals surface area contributed by atoms with Gasteiger partial charge in [0.05, 0.1) is 36.5 Å². The summed E-state index contributed by atoms with van der Waals surface area (Å²) in [5.41, 5.74) is 6.93. The van der Waals surface area contributed by atoms with Crippen molar-refractivity contribution >= 4 is 28.2 Å². The molecule has 0 amide bonds. The average Bonchev–Trinajstić information content (AvgIpc) is 3.46. The number of ether oxygens (including phenoxy) is 1. The second-order valence-electron chi connectivity index (χ2n) is 9.59. The molecule has 6 rings (SSSR count). The lowest BCUT2D eigenvalue weighted by molar-refractivity contribution is -0.0498. The third kappa shape index (κ3) is 3.81. The van der Waals surface area contributed by atoms with Crippen LogP contribution in [0.5, 0.6) is 5.75 Å². The molecular weight excluding hydrogens is 458 g/mol. The zero-order chi connectivity index (χ0) is 24.3. The Morgan fingerprint density at radius 2 is 2.09 bits per heavy atom. The first-order valence-electron chi connectivity index (χ1n) is 11.7. The Hall–Kier alpha value is -3.54. The number of benzene rings is 1. The third-order valence-corrected chi connectivity index (χ3v) is 7.06. The fourth-order valence-corrected chi connectivity index (χ4v) is 5.09. The molecule has 0 unspecified atom stereocenters. The molecule has 0 spiro atoms. The van der Waals surface area contributed by atoms with E-state index in [9.17, 15) is 13.9 Å². The van der Waals surface area contributed by atoms with Crippen molar-refractivity contribution in [1.29, 1.82) is 0 Å². The van der Waals surface area contributed by atoms with Crippen molar-refractivity contribution in [2.24, 2.45) is 0 Å². The van der Waals surface area contributed by atoms with Crippen LogP contribution in [-0.2, 0) is 6.54 Å². The van der Waals surface area contributed by atoms with Crippen molar-refractivity contribution in [3.8, 4) is 5.75 Å². The number of nitrogen functional groups attached to an aromatic ring is 1. The minimum atomic E-state index is -1.09. The molecular formula is C23H26F2N8O2. The molecule has 184 valence electrons. The lowest BCUT2D eigenvalue weighted by atomic mass is 9.80. The minimum absolute atomic E-state index is 0.0795. The molecule has 12 heteroatoms. The molecule has 2 aliphatic rings. The van der Waals surface area contributed by atoms with E-state index in [4.69, 9.17) is 10.5 Å². The van der Waals surface area contributed by atoms with Gasteiger partial charge in [0, 0.05) is 31.3 Å². The van der Waals surface area contributed by atoms with Gasteiger partial charge in [-0.25, -0.2) is 18.7 Å². The lowest BCUT2D eigenvalue weighted by Crippen LogP contribution is -2.41. The van der Waals surface area contributed by atoms with Crippen LogP contribution in [0.25, 0.3) is 16.6 Å². The number of nitrogens with two attached hydrogens (primary N) is 1. The zero-order valence-electron chi connectivity index (χ0n) is 19.2. The number of halogens is 2. The summed E-state index contributed by atoms with van der Waals surface area (Å²) >= 11 is 0. The van der Waals surface area contributed by atoms with Crippen LogP contribution in [0.2, 0.25) is 0 Å². The molecule has 2 fully saturated rings. The van der Waals surface area contributed by atoms with Gasteiger partial charge >= 0.3 is 0 Å². The quantitative estimate of drug-likeness (QED) is 0.443. The molecule has 0 bridgehead atoms. The normalized spacial score (nSPS) is 22.0. The van der Waals surface area contributed by atoms with E-state index in [1.54, 1.807) is 10.9 Å². The Morgan fingerprint density at radius 1 is 1.26 bits per heavy atom. The van der Waals surface area contributed by atoms with Crippen LogP contribution in [0.4, 0.5) is 20.4 Å². The number of methoxy groups -OCH3 is 1. The highest BCUT2D eigenvalue weighted by molar-refractivity contribution is 5.95. The summed E-state index contributed by atoms with van der Waals surface area (Å²) in [6, 6.07) is 2.55. The van der Waals surface area contributed by atoms with Crippen LogP contribution in [0.15, 0.2) is 24.5 Å². The molecule has 10 nitrogen and oxygen atoms in total. The van der Waals surface area contributed by atoms with E-state index in [0.29, 0.717) is 35.5 Å². The second kappa shape index (κ2) is 8.01. The monoisotopic (exact) mass is 484 g/mol. The fourth-order valence-electron chi connectivity index (χ4n) is 5.09. The molecule has 1 aliphatic heterocycles. The molecule has 4 heterocycles. The van der Waals surface area contributed by atoms with Gasteiger partial charge in [-0.05, 0) is 31.7 Å². The van der Waals surface area contributed by atoms with E-state index >= 15 is 0 Å². The Morgan fingerprint density at radius 3 is 2.83 bits per heavy atom. The number of nitrogens with zero attached hydrogens (tertiary/aromatic N) is 7. The highest BCUT2D eigenvalue weighted by Crippen LogP contribution is 2.35.